The molecule has 1 aromatic rings. The van der Waals surface area contributed by atoms with Crippen molar-refractivity contribution in [2.75, 3.05) is 5.32 Å². The Hall–Kier alpha value is -2.05. The van der Waals surface area contributed by atoms with E-state index in [0.717, 1.165) is 5.69 Å². The van der Waals surface area contributed by atoms with Gasteiger partial charge in [0.15, 0.2) is 0 Å². The van der Waals surface area contributed by atoms with Crippen LogP contribution in [-0.2, 0) is 18.3 Å². The van der Waals surface area contributed by atoms with E-state index in [9.17, 15) is 9.59 Å². The molecule has 1 heterocycles. The molecule has 0 fully saturated rings. The number of carbonyl (C=O) groups excluding carboxylic acids is 1. The van der Waals surface area contributed by atoms with Crippen LogP contribution in [0, 0.1) is 0 Å². The Morgan fingerprint density at radius 2 is 2.22 bits per heavy atom. The molecule has 1 aromatic heterocycles. The zero-order valence-electron chi connectivity index (χ0n) is 10.7. The summed E-state index contributed by atoms with van der Waals surface area (Å²) in [6.07, 6.45) is 2.31. The number of carbonyl (C=O) groups is 2. The fourth-order valence-corrected chi connectivity index (χ4v) is 1.60. The molecule has 3 N–H and O–H groups in total. The van der Waals surface area contributed by atoms with Gasteiger partial charge in [-0.05, 0) is 13.3 Å². The number of aliphatic carboxylic acids is 1. The second kappa shape index (κ2) is 6.04. The summed E-state index contributed by atoms with van der Waals surface area (Å²) in [5, 5.41) is 18.0. The maximum absolute atomic E-state index is 11.6. The van der Waals surface area contributed by atoms with E-state index >= 15 is 0 Å². The van der Waals surface area contributed by atoms with E-state index in [0.29, 0.717) is 12.1 Å². The molecule has 0 radical (unpaired) electrons. The highest BCUT2D eigenvalue weighted by molar-refractivity contribution is 5.90. The van der Waals surface area contributed by atoms with Crippen LogP contribution in [0.4, 0.5) is 10.5 Å². The molecule has 1 unspecified atom stereocenters. The lowest BCUT2D eigenvalue weighted by Gasteiger charge is -2.12. The molecule has 0 saturated carbocycles. The molecule has 1 rings (SSSR count). The van der Waals surface area contributed by atoms with E-state index in [1.165, 1.54) is 0 Å². The number of nitrogens with zero attached hydrogens (tertiary/aromatic N) is 2. The first-order valence-corrected chi connectivity index (χ1v) is 5.74. The lowest BCUT2D eigenvalue weighted by molar-refractivity contribution is -0.137. The number of nitrogens with one attached hydrogen (secondary N) is 2. The van der Waals surface area contributed by atoms with E-state index in [4.69, 9.17) is 5.11 Å². The summed E-state index contributed by atoms with van der Waals surface area (Å²) in [6.45, 7) is 3.58. The minimum Gasteiger partial charge on any atom is -0.481 e. The highest BCUT2D eigenvalue weighted by Gasteiger charge is 2.13. The molecule has 18 heavy (non-hydrogen) atoms. The lowest BCUT2D eigenvalue weighted by Crippen LogP contribution is -2.37. The van der Waals surface area contributed by atoms with Crippen LogP contribution in [0.2, 0.25) is 0 Å². The van der Waals surface area contributed by atoms with Gasteiger partial charge in [-0.2, -0.15) is 5.10 Å². The zero-order valence-corrected chi connectivity index (χ0v) is 10.7. The van der Waals surface area contributed by atoms with E-state index < -0.39 is 18.0 Å². The summed E-state index contributed by atoms with van der Waals surface area (Å²) < 4.78 is 1.62. The SMILES string of the molecule is CCc1nn(C)cc1NC(=O)NC(C)CC(=O)O. The lowest BCUT2D eigenvalue weighted by atomic mass is 10.2. The van der Waals surface area contributed by atoms with Gasteiger partial charge < -0.3 is 15.7 Å². The third-order valence-electron chi connectivity index (χ3n) is 2.35. The summed E-state index contributed by atoms with van der Waals surface area (Å²) in [5.74, 6) is -0.946. The zero-order chi connectivity index (χ0) is 13.7. The molecular weight excluding hydrogens is 236 g/mol. The van der Waals surface area contributed by atoms with Crippen molar-refractivity contribution in [3.63, 3.8) is 0 Å². The second-order valence-electron chi connectivity index (χ2n) is 4.11. The van der Waals surface area contributed by atoms with E-state index in [1.807, 2.05) is 6.92 Å². The maximum atomic E-state index is 11.6. The van der Waals surface area contributed by atoms with Gasteiger partial charge in [0.05, 0.1) is 17.8 Å². The van der Waals surface area contributed by atoms with Gasteiger partial charge in [0.2, 0.25) is 0 Å². The number of rotatable bonds is 5. The molecule has 0 aromatic carbocycles. The van der Waals surface area contributed by atoms with Crippen molar-refractivity contribution in [1.29, 1.82) is 0 Å². The largest absolute Gasteiger partial charge is 0.481 e. The average molecular weight is 254 g/mol. The van der Waals surface area contributed by atoms with Gasteiger partial charge in [-0.15, -0.1) is 0 Å². The Bertz CT molecular complexity index is 441. The molecule has 0 spiro atoms. The smallest absolute Gasteiger partial charge is 0.319 e. The van der Waals surface area contributed by atoms with Gasteiger partial charge >= 0.3 is 12.0 Å². The molecule has 0 aliphatic rings. The van der Waals surface area contributed by atoms with Crippen molar-refractivity contribution in [2.45, 2.75) is 32.7 Å². The van der Waals surface area contributed by atoms with Crippen molar-refractivity contribution in [3.8, 4) is 0 Å². The Morgan fingerprint density at radius 1 is 1.56 bits per heavy atom. The van der Waals surface area contributed by atoms with Gasteiger partial charge in [0.25, 0.3) is 0 Å². The van der Waals surface area contributed by atoms with Gasteiger partial charge in [-0.3, -0.25) is 9.48 Å². The Kier molecular flexibility index (Phi) is 4.70. The molecule has 1 atom stereocenters. The highest BCUT2D eigenvalue weighted by atomic mass is 16.4. The standard InChI is InChI=1S/C11H18N4O3/c1-4-8-9(6-15(3)14-8)13-11(18)12-7(2)5-10(16)17/h6-7H,4-5H2,1-3H3,(H,16,17)(H2,12,13,18). The minimum atomic E-state index is -0.946. The van der Waals surface area contributed by atoms with E-state index in [-0.39, 0.29) is 6.42 Å². The summed E-state index contributed by atoms with van der Waals surface area (Å²) in [6, 6.07) is -0.851. The molecular formula is C11H18N4O3. The second-order valence-corrected chi connectivity index (χ2v) is 4.11. The summed E-state index contributed by atoms with van der Waals surface area (Å²) in [4.78, 5) is 22.1. The molecule has 0 saturated heterocycles. The van der Waals surface area contributed by atoms with Crippen LogP contribution in [0.3, 0.4) is 0 Å². The maximum Gasteiger partial charge on any atom is 0.319 e. The molecule has 0 bridgehead atoms. The van der Waals surface area contributed by atoms with Crippen LogP contribution >= 0.6 is 0 Å². The van der Waals surface area contributed by atoms with Crippen LogP contribution in [0.15, 0.2) is 6.20 Å². The Balaban J connectivity index is 2.56. The molecule has 2 amide bonds. The quantitative estimate of drug-likeness (QED) is 0.729. The molecule has 7 heteroatoms. The average Bonchev–Trinajstić information content (AvgIpc) is 2.56. The van der Waals surface area contributed by atoms with E-state index in [1.54, 1.807) is 24.9 Å². The van der Waals surface area contributed by atoms with Crippen LogP contribution < -0.4 is 10.6 Å². The third kappa shape index (κ3) is 4.08. The van der Waals surface area contributed by atoms with Gasteiger partial charge in [0, 0.05) is 19.3 Å². The first-order valence-electron chi connectivity index (χ1n) is 5.74. The van der Waals surface area contributed by atoms with Crippen molar-refractivity contribution in [2.24, 2.45) is 7.05 Å². The predicted octanol–water partition coefficient (Wildman–Crippen LogP) is 0.967. The van der Waals surface area contributed by atoms with Crippen LogP contribution in [0.5, 0.6) is 0 Å². The minimum absolute atomic E-state index is 0.110. The highest BCUT2D eigenvalue weighted by Crippen LogP contribution is 2.13. The number of aryl methyl sites for hydroxylation is 2. The van der Waals surface area contributed by atoms with Gasteiger partial charge in [-0.25, -0.2) is 4.79 Å². The summed E-state index contributed by atoms with van der Waals surface area (Å²) in [7, 11) is 1.77. The number of anilines is 1. The number of amides is 2. The molecule has 100 valence electrons. The first kappa shape index (κ1) is 14.0. The number of hydrogen-bond donors (Lipinski definition) is 3. The van der Waals surface area contributed by atoms with Crippen LogP contribution in [0.1, 0.15) is 26.0 Å². The number of hydrogen-bond acceptors (Lipinski definition) is 3. The normalized spacial score (nSPS) is 11.9. The number of carboxylic acid groups (broad SMARTS) is 1. The molecule has 7 nitrogen and oxygen atoms in total. The van der Waals surface area contributed by atoms with Crippen LogP contribution in [0.25, 0.3) is 0 Å². The molecule has 0 aliphatic carbocycles. The number of urea groups is 1. The monoisotopic (exact) mass is 254 g/mol. The van der Waals surface area contributed by atoms with E-state index in [2.05, 4.69) is 15.7 Å². The third-order valence-corrected chi connectivity index (χ3v) is 2.35. The summed E-state index contributed by atoms with van der Waals surface area (Å²) in [5.41, 5.74) is 1.43. The van der Waals surface area contributed by atoms with Crippen molar-refractivity contribution in [1.82, 2.24) is 15.1 Å². The van der Waals surface area contributed by atoms with Gasteiger partial charge in [0.1, 0.15) is 0 Å². The van der Waals surface area contributed by atoms with Crippen LogP contribution in [-0.4, -0.2) is 32.9 Å². The number of aromatic nitrogens is 2. The Morgan fingerprint density at radius 3 is 2.78 bits per heavy atom. The fraction of sp³-hybridized carbons (Fsp3) is 0.545. The predicted molar refractivity (Wildman–Crippen MR) is 66.5 cm³/mol. The van der Waals surface area contributed by atoms with Crippen molar-refractivity contribution in [3.05, 3.63) is 11.9 Å². The van der Waals surface area contributed by atoms with Crippen molar-refractivity contribution >= 4 is 17.7 Å². The molecule has 0 aliphatic heterocycles. The van der Waals surface area contributed by atoms with Gasteiger partial charge in [-0.1, -0.05) is 6.92 Å². The summed E-state index contributed by atoms with van der Waals surface area (Å²) >= 11 is 0. The topological polar surface area (TPSA) is 96.3 Å². The first-order chi connectivity index (χ1) is 8.42. The Labute approximate surface area is 105 Å². The van der Waals surface area contributed by atoms with Crippen molar-refractivity contribution < 1.29 is 14.7 Å². The fourth-order valence-electron chi connectivity index (χ4n) is 1.60. The number of carboxylic acids is 1.